The molecule has 1 atom stereocenters. The molecule has 18 heavy (non-hydrogen) atoms. The van der Waals surface area contributed by atoms with Gasteiger partial charge in [-0.3, -0.25) is 0 Å². The molecule has 0 heterocycles. The summed E-state index contributed by atoms with van der Waals surface area (Å²) in [6.45, 7) is 3.76. The summed E-state index contributed by atoms with van der Waals surface area (Å²) in [6, 6.07) is 3.50. The predicted molar refractivity (Wildman–Crippen MR) is 69.0 cm³/mol. The lowest BCUT2D eigenvalue weighted by atomic mass is 10.2. The zero-order chi connectivity index (χ0) is 13.9. The molecular formula is C12H19FN2O2S. The van der Waals surface area contributed by atoms with E-state index in [0.717, 1.165) is 6.07 Å². The Bertz CT molecular complexity index is 517. The maximum absolute atomic E-state index is 13.2. The van der Waals surface area contributed by atoms with Crippen molar-refractivity contribution in [1.82, 2.24) is 4.31 Å². The van der Waals surface area contributed by atoms with Crippen LogP contribution < -0.4 is 5.73 Å². The second-order valence-electron chi connectivity index (χ2n) is 4.23. The maximum atomic E-state index is 13.2. The summed E-state index contributed by atoms with van der Waals surface area (Å²) >= 11 is 0. The largest absolute Gasteiger partial charge is 0.326 e. The van der Waals surface area contributed by atoms with Crippen LogP contribution >= 0.6 is 0 Å². The van der Waals surface area contributed by atoms with Gasteiger partial charge < -0.3 is 5.73 Å². The van der Waals surface area contributed by atoms with E-state index in [2.05, 4.69) is 0 Å². The summed E-state index contributed by atoms with van der Waals surface area (Å²) in [4.78, 5) is -0.0483. The van der Waals surface area contributed by atoms with Gasteiger partial charge in [0.15, 0.2) is 0 Å². The van der Waals surface area contributed by atoms with Crippen molar-refractivity contribution in [3.05, 3.63) is 29.6 Å². The van der Waals surface area contributed by atoms with Crippen LogP contribution in [0.1, 0.15) is 25.8 Å². The molecule has 0 fully saturated rings. The third kappa shape index (κ3) is 2.88. The minimum atomic E-state index is -3.70. The molecule has 0 aromatic heterocycles. The lowest BCUT2D eigenvalue weighted by Gasteiger charge is -2.24. The monoisotopic (exact) mass is 274 g/mol. The summed E-state index contributed by atoms with van der Waals surface area (Å²) in [5.74, 6) is -0.580. The molecule has 1 aromatic rings. The van der Waals surface area contributed by atoms with Crippen LogP contribution in [-0.4, -0.2) is 25.8 Å². The Morgan fingerprint density at radius 2 is 2.06 bits per heavy atom. The van der Waals surface area contributed by atoms with Gasteiger partial charge in [0.05, 0.1) is 4.90 Å². The first-order chi connectivity index (χ1) is 8.34. The van der Waals surface area contributed by atoms with Crippen molar-refractivity contribution in [2.45, 2.75) is 37.8 Å². The van der Waals surface area contributed by atoms with Crippen LogP contribution in [-0.2, 0) is 16.6 Å². The highest BCUT2D eigenvalue weighted by Crippen LogP contribution is 2.22. The molecule has 0 saturated carbocycles. The first-order valence-corrected chi connectivity index (χ1v) is 7.25. The van der Waals surface area contributed by atoms with Crippen LogP contribution in [0.2, 0.25) is 0 Å². The van der Waals surface area contributed by atoms with Crippen LogP contribution in [0, 0.1) is 5.82 Å². The average molecular weight is 274 g/mol. The molecule has 102 valence electrons. The van der Waals surface area contributed by atoms with E-state index in [1.165, 1.54) is 23.5 Å². The smallest absolute Gasteiger partial charge is 0.243 e. The second kappa shape index (κ2) is 5.77. The molecule has 2 N–H and O–H groups in total. The van der Waals surface area contributed by atoms with Crippen LogP contribution in [0.5, 0.6) is 0 Å². The number of sulfonamides is 1. The number of rotatable bonds is 5. The molecule has 4 nitrogen and oxygen atoms in total. The molecule has 0 aliphatic carbocycles. The number of benzene rings is 1. The first-order valence-electron chi connectivity index (χ1n) is 5.81. The van der Waals surface area contributed by atoms with Gasteiger partial charge in [-0.1, -0.05) is 13.0 Å². The molecule has 1 unspecified atom stereocenters. The summed E-state index contributed by atoms with van der Waals surface area (Å²) in [5, 5.41) is 0. The van der Waals surface area contributed by atoms with Crippen LogP contribution in [0.4, 0.5) is 4.39 Å². The van der Waals surface area contributed by atoms with Gasteiger partial charge >= 0.3 is 0 Å². The summed E-state index contributed by atoms with van der Waals surface area (Å²) in [7, 11) is -2.21. The molecule has 0 radical (unpaired) electrons. The van der Waals surface area contributed by atoms with Crippen molar-refractivity contribution in [3.63, 3.8) is 0 Å². The van der Waals surface area contributed by atoms with E-state index in [-0.39, 0.29) is 17.5 Å². The first kappa shape index (κ1) is 15.1. The zero-order valence-corrected chi connectivity index (χ0v) is 11.7. The van der Waals surface area contributed by atoms with E-state index in [9.17, 15) is 12.8 Å². The van der Waals surface area contributed by atoms with E-state index in [0.29, 0.717) is 12.0 Å². The second-order valence-corrected chi connectivity index (χ2v) is 6.20. The van der Waals surface area contributed by atoms with E-state index in [1.807, 2.05) is 6.92 Å². The van der Waals surface area contributed by atoms with E-state index in [4.69, 9.17) is 5.73 Å². The number of nitrogens with zero attached hydrogens (tertiary/aromatic N) is 1. The van der Waals surface area contributed by atoms with E-state index < -0.39 is 15.8 Å². The standard InChI is InChI=1S/C12H19FN2O2S/c1-4-9(2)15(3)18(16,17)12-7-11(13)6-5-10(12)8-14/h5-7,9H,4,8,14H2,1-3H3. The number of hydrogen-bond donors (Lipinski definition) is 1. The summed E-state index contributed by atoms with van der Waals surface area (Å²) in [5.41, 5.74) is 5.92. The fourth-order valence-corrected chi connectivity index (χ4v) is 3.26. The van der Waals surface area contributed by atoms with E-state index in [1.54, 1.807) is 6.92 Å². The van der Waals surface area contributed by atoms with Crippen molar-refractivity contribution >= 4 is 10.0 Å². The molecule has 0 saturated heterocycles. The Morgan fingerprint density at radius 1 is 1.44 bits per heavy atom. The SMILES string of the molecule is CCC(C)N(C)S(=O)(=O)c1cc(F)ccc1CN. The molecule has 6 heteroatoms. The van der Waals surface area contributed by atoms with Gasteiger partial charge in [-0.15, -0.1) is 0 Å². The third-order valence-electron chi connectivity index (χ3n) is 3.12. The van der Waals surface area contributed by atoms with Gasteiger partial charge in [0.1, 0.15) is 5.82 Å². The Hall–Kier alpha value is -0.980. The highest BCUT2D eigenvalue weighted by molar-refractivity contribution is 7.89. The Kier molecular flexibility index (Phi) is 4.84. The molecule has 0 aliphatic rings. The molecule has 1 aromatic carbocycles. The van der Waals surface area contributed by atoms with Crippen molar-refractivity contribution in [2.75, 3.05) is 7.05 Å². The predicted octanol–water partition coefficient (Wildman–Crippen LogP) is 1.70. The van der Waals surface area contributed by atoms with E-state index >= 15 is 0 Å². The Morgan fingerprint density at radius 3 is 2.56 bits per heavy atom. The molecule has 1 rings (SSSR count). The third-order valence-corrected chi connectivity index (χ3v) is 5.17. The minimum absolute atomic E-state index is 0.0483. The average Bonchev–Trinajstić information content (AvgIpc) is 2.36. The highest BCUT2D eigenvalue weighted by atomic mass is 32.2. The fraction of sp³-hybridized carbons (Fsp3) is 0.500. The minimum Gasteiger partial charge on any atom is -0.326 e. The number of halogens is 1. The molecule has 0 amide bonds. The Labute approximate surface area is 108 Å². The molecule has 0 spiro atoms. The van der Waals surface area contributed by atoms with Gasteiger partial charge in [0.25, 0.3) is 0 Å². The van der Waals surface area contributed by atoms with Gasteiger partial charge in [-0.2, -0.15) is 4.31 Å². The zero-order valence-electron chi connectivity index (χ0n) is 10.9. The van der Waals surface area contributed by atoms with Crippen molar-refractivity contribution in [2.24, 2.45) is 5.73 Å². The Balaban J connectivity index is 3.31. The van der Waals surface area contributed by atoms with Crippen LogP contribution in [0.3, 0.4) is 0 Å². The quantitative estimate of drug-likeness (QED) is 0.889. The van der Waals surface area contributed by atoms with Crippen LogP contribution in [0.15, 0.2) is 23.1 Å². The van der Waals surface area contributed by atoms with Gasteiger partial charge in [-0.25, -0.2) is 12.8 Å². The lowest BCUT2D eigenvalue weighted by Crippen LogP contribution is -2.35. The normalized spacial score (nSPS) is 13.9. The summed E-state index contributed by atoms with van der Waals surface area (Å²) in [6.07, 6.45) is 0.684. The molecular weight excluding hydrogens is 255 g/mol. The van der Waals surface area contributed by atoms with Crippen molar-refractivity contribution in [3.8, 4) is 0 Å². The molecule has 0 bridgehead atoms. The van der Waals surface area contributed by atoms with Gasteiger partial charge in [0, 0.05) is 19.6 Å². The van der Waals surface area contributed by atoms with Crippen molar-refractivity contribution in [1.29, 1.82) is 0 Å². The van der Waals surface area contributed by atoms with Crippen LogP contribution in [0.25, 0.3) is 0 Å². The fourth-order valence-electron chi connectivity index (χ4n) is 1.59. The highest BCUT2D eigenvalue weighted by Gasteiger charge is 2.26. The van der Waals surface area contributed by atoms with Gasteiger partial charge in [-0.05, 0) is 31.0 Å². The molecule has 0 aliphatic heterocycles. The van der Waals surface area contributed by atoms with Crippen molar-refractivity contribution < 1.29 is 12.8 Å². The number of nitrogens with two attached hydrogens (primary N) is 1. The number of hydrogen-bond acceptors (Lipinski definition) is 3. The topological polar surface area (TPSA) is 63.4 Å². The summed E-state index contributed by atoms with van der Waals surface area (Å²) < 4.78 is 39.2. The maximum Gasteiger partial charge on any atom is 0.243 e. The van der Waals surface area contributed by atoms with Gasteiger partial charge in [0.2, 0.25) is 10.0 Å². The lowest BCUT2D eigenvalue weighted by molar-refractivity contribution is 0.380.